The maximum absolute atomic E-state index is 13.0. The van der Waals surface area contributed by atoms with Gasteiger partial charge < -0.3 is 10.1 Å². The van der Waals surface area contributed by atoms with Gasteiger partial charge in [-0.1, -0.05) is 0 Å². The number of hydrogen-bond donors (Lipinski definition) is 1. The zero-order chi connectivity index (χ0) is 17.3. The summed E-state index contributed by atoms with van der Waals surface area (Å²) in [4.78, 5) is 24.4. The summed E-state index contributed by atoms with van der Waals surface area (Å²) in [5.74, 6) is -0.392. The third-order valence-electron chi connectivity index (χ3n) is 3.70. The number of fused-ring (bicyclic) bond motifs is 1. The van der Waals surface area contributed by atoms with Crippen LogP contribution >= 0.6 is 0 Å². The van der Waals surface area contributed by atoms with Crippen molar-refractivity contribution >= 4 is 28.4 Å². The Kier molecular flexibility index (Phi) is 4.04. The van der Waals surface area contributed by atoms with Gasteiger partial charge >= 0.3 is 0 Å². The van der Waals surface area contributed by atoms with Gasteiger partial charge in [-0.25, -0.2) is 4.39 Å². The Labute approximate surface area is 137 Å². The molecule has 0 aliphatic carbocycles. The number of nitrogens with one attached hydrogen (secondary N) is 1. The fraction of sp³-hybridized carbons (Fsp3) is 0.111. The normalized spacial score (nSPS) is 10.6. The van der Waals surface area contributed by atoms with Crippen LogP contribution in [0.3, 0.4) is 0 Å². The molecule has 0 aliphatic heterocycles. The summed E-state index contributed by atoms with van der Waals surface area (Å²) in [6.45, 7) is 1.42. The lowest BCUT2D eigenvalue weighted by Gasteiger charge is -2.05. The number of anilines is 1. The molecule has 24 heavy (non-hydrogen) atoms. The molecule has 0 saturated heterocycles. The standard InChI is InChI=1S/C18H15FN2O3/c1-11(22)21-10-16(15-9-14(24-2)7-8-17(15)21)18(23)20-13-5-3-12(19)4-6-13/h3-10H,1-2H3,(H,20,23). The van der Waals surface area contributed by atoms with E-state index < -0.39 is 0 Å². The SMILES string of the molecule is COc1ccc2c(c1)c(C(=O)Nc1ccc(F)cc1)cn2C(C)=O. The van der Waals surface area contributed by atoms with Crippen LogP contribution in [0.4, 0.5) is 10.1 Å². The molecule has 0 radical (unpaired) electrons. The molecule has 0 aliphatic rings. The lowest BCUT2D eigenvalue weighted by molar-refractivity contribution is 0.0941. The molecule has 2 aromatic carbocycles. The molecule has 1 N–H and O–H groups in total. The van der Waals surface area contributed by atoms with Gasteiger partial charge in [-0.3, -0.25) is 14.2 Å². The lowest BCUT2D eigenvalue weighted by atomic mass is 10.1. The first-order valence-electron chi connectivity index (χ1n) is 7.26. The summed E-state index contributed by atoms with van der Waals surface area (Å²) in [6.07, 6.45) is 1.49. The Morgan fingerprint density at radius 3 is 2.46 bits per heavy atom. The minimum absolute atomic E-state index is 0.203. The van der Waals surface area contributed by atoms with E-state index in [0.717, 1.165) is 0 Å². The van der Waals surface area contributed by atoms with Gasteiger partial charge in [0.15, 0.2) is 0 Å². The van der Waals surface area contributed by atoms with Crippen LogP contribution in [-0.4, -0.2) is 23.5 Å². The van der Waals surface area contributed by atoms with Crippen LogP contribution in [0.1, 0.15) is 22.1 Å². The summed E-state index contributed by atoms with van der Waals surface area (Å²) in [6, 6.07) is 10.6. The summed E-state index contributed by atoms with van der Waals surface area (Å²) in [5.41, 5.74) is 1.42. The van der Waals surface area contributed by atoms with Gasteiger partial charge in [0.2, 0.25) is 5.91 Å². The lowest BCUT2D eigenvalue weighted by Crippen LogP contribution is -2.12. The third-order valence-corrected chi connectivity index (χ3v) is 3.70. The summed E-state index contributed by atoms with van der Waals surface area (Å²) >= 11 is 0. The second-order valence-corrected chi connectivity index (χ2v) is 5.28. The summed E-state index contributed by atoms with van der Waals surface area (Å²) in [7, 11) is 1.53. The van der Waals surface area contributed by atoms with Crippen LogP contribution in [0.2, 0.25) is 0 Å². The maximum Gasteiger partial charge on any atom is 0.257 e. The zero-order valence-corrected chi connectivity index (χ0v) is 13.2. The van der Waals surface area contributed by atoms with Gasteiger partial charge in [0.1, 0.15) is 11.6 Å². The van der Waals surface area contributed by atoms with Crippen molar-refractivity contribution in [1.82, 2.24) is 4.57 Å². The van der Waals surface area contributed by atoms with Crippen molar-refractivity contribution < 1.29 is 18.7 Å². The monoisotopic (exact) mass is 326 g/mol. The van der Waals surface area contributed by atoms with E-state index in [1.54, 1.807) is 18.2 Å². The Morgan fingerprint density at radius 1 is 1.12 bits per heavy atom. The molecule has 0 saturated carbocycles. The van der Waals surface area contributed by atoms with Gasteiger partial charge in [0.25, 0.3) is 5.91 Å². The number of ether oxygens (including phenoxy) is 1. The van der Waals surface area contributed by atoms with E-state index in [-0.39, 0.29) is 17.6 Å². The molecular formula is C18H15FN2O3. The Hall–Kier alpha value is -3.15. The number of carbonyl (C=O) groups is 2. The van der Waals surface area contributed by atoms with E-state index in [1.807, 2.05) is 0 Å². The predicted octanol–water partition coefficient (Wildman–Crippen LogP) is 3.70. The topological polar surface area (TPSA) is 60.3 Å². The molecule has 5 nitrogen and oxygen atoms in total. The molecule has 1 heterocycles. The average molecular weight is 326 g/mol. The Morgan fingerprint density at radius 2 is 1.83 bits per heavy atom. The number of benzene rings is 2. The largest absolute Gasteiger partial charge is 0.497 e. The van der Waals surface area contributed by atoms with Crippen molar-refractivity contribution in [2.75, 3.05) is 12.4 Å². The van der Waals surface area contributed by atoms with Crippen LogP contribution in [0.5, 0.6) is 5.75 Å². The number of carbonyl (C=O) groups excluding carboxylic acids is 2. The Balaban J connectivity index is 2.05. The fourth-order valence-electron chi connectivity index (χ4n) is 2.51. The first-order valence-corrected chi connectivity index (χ1v) is 7.26. The van der Waals surface area contributed by atoms with Crippen molar-refractivity contribution in [1.29, 1.82) is 0 Å². The van der Waals surface area contributed by atoms with Crippen molar-refractivity contribution in [2.24, 2.45) is 0 Å². The molecule has 0 atom stereocenters. The van der Waals surface area contributed by atoms with Crippen LogP contribution in [0.15, 0.2) is 48.7 Å². The van der Waals surface area contributed by atoms with Crippen LogP contribution in [-0.2, 0) is 0 Å². The van der Waals surface area contributed by atoms with Crippen LogP contribution in [0, 0.1) is 5.82 Å². The second-order valence-electron chi connectivity index (χ2n) is 5.28. The maximum atomic E-state index is 13.0. The molecular weight excluding hydrogens is 311 g/mol. The van der Waals surface area contributed by atoms with Crippen molar-refractivity contribution in [3.05, 3.63) is 60.0 Å². The molecule has 122 valence electrons. The number of amides is 1. The van der Waals surface area contributed by atoms with E-state index in [2.05, 4.69) is 5.32 Å². The molecule has 0 fully saturated rings. The minimum Gasteiger partial charge on any atom is -0.497 e. The van der Waals surface area contributed by atoms with Gasteiger partial charge in [-0.2, -0.15) is 0 Å². The van der Waals surface area contributed by atoms with Crippen LogP contribution in [0.25, 0.3) is 10.9 Å². The van der Waals surface area contributed by atoms with Gasteiger partial charge in [0.05, 0.1) is 18.2 Å². The molecule has 1 aromatic heterocycles. The quantitative estimate of drug-likeness (QED) is 0.798. The highest BCUT2D eigenvalue weighted by molar-refractivity contribution is 6.14. The zero-order valence-electron chi connectivity index (χ0n) is 13.2. The highest BCUT2D eigenvalue weighted by Crippen LogP contribution is 2.27. The van der Waals surface area contributed by atoms with Crippen LogP contribution < -0.4 is 10.1 Å². The van der Waals surface area contributed by atoms with Gasteiger partial charge in [0, 0.05) is 24.2 Å². The van der Waals surface area contributed by atoms with Crippen molar-refractivity contribution in [3.8, 4) is 5.75 Å². The smallest absolute Gasteiger partial charge is 0.257 e. The average Bonchev–Trinajstić information content (AvgIpc) is 2.96. The fourth-order valence-corrected chi connectivity index (χ4v) is 2.51. The predicted molar refractivity (Wildman–Crippen MR) is 89.1 cm³/mol. The number of rotatable bonds is 3. The molecule has 3 rings (SSSR count). The van der Waals surface area contributed by atoms with E-state index in [0.29, 0.717) is 27.9 Å². The Bertz CT molecular complexity index is 929. The van der Waals surface area contributed by atoms with Crippen molar-refractivity contribution in [3.63, 3.8) is 0 Å². The number of nitrogens with zero attached hydrogens (tertiary/aromatic N) is 1. The van der Waals surface area contributed by atoms with Crippen molar-refractivity contribution in [2.45, 2.75) is 6.92 Å². The third kappa shape index (κ3) is 2.86. The van der Waals surface area contributed by atoms with Gasteiger partial charge in [-0.15, -0.1) is 0 Å². The molecule has 0 bridgehead atoms. The number of aromatic nitrogens is 1. The summed E-state index contributed by atoms with van der Waals surface area (Å²) < 4.78 is 19.6. The van der Waals surface area contributed by atoms with E-state index >= 15 is 0 Å². The van der Waals surface area contributed by atoms with E-state index in [9.17, 15) is 14.0 Å². The van der Waals surface area contributed by atoms with Gasteiger partial charge in [-0.05, 0) is 42.5 Å². The summed E-state index contributed by atoms with van der Waals surface area (Å²) in [5, 5.41) is 3.30. The second kappa shape index (κ2) is 6.16. The van der Waals surface area contributed by atoms with E-state index in [1.165, 1.54) is 49.1 Å². The highest BCUT2D eigenvalue weighted by Gasteiger charge is 2.17. The molecule has 1 amide bonds. The minimum atomic E-state index is -0.389. The first-order chi connectivity index (χ1) is 11.5. The molecule has 0 unspecified atom stereocenters. The molecule has 0 spiro atoms. The van der Waals surface area contributed by atoms with E-state index in [4.69, 9.17) is 4.74 Å². The number of hydrogen-bond acceptors (Lipinski definition) is 3. The molecule has 6 heteroatoms. The highest BCUT2D eigenvalue weighted by atomic mass is 19.1. The number of halogens is 1. The number of methoxy groups -OCH3 is 1. The molecule has 3 aromatic rings. The first kappa shape index (κ1) is 15.7.